The van der Waals surface area contributed by atoms with Crippen LogP contribution in [0.3, 0.4) is 0 Å². The Bertz CT molecular complexity index is 2180. The predicted octanol–water partition coefficient (Wildman–Crippen LogP) is 7.61. The van der Waals surface area contributed by atoms with Gasteiger partial charge in [0.1, 0.15) is 28.7 Å². The monoisotopic (exact) mass is 800 g/mol. The lowest BCUT2D eigenvalue weighted by Gasteiger charge is -2.37. The first-order valence-corrected chi connectivity index (χ1v) is 19.4. The number of pyridine rings is 1. The molecule has 0 saturated carbocycles. The van der Waals surface area contributed by atoms with Gasteiger partial charge in [-0.3, -0.25) is 19.7 Å². The van der Waals surface area contributed by atoms with E-state index in [1.54, 1.807) is 27.7 Å². The Kier molecular flexibility index (Phi) is 14.7. The average Bonchev–Trinajstić information content (AvgIpc) is 3.22. The minimum Gasteiger partial charge on any atom is -0.463 e. The zero-order chi connectivity index (χ0) is 42.4. The summed E-state index contributed by atoms with van der Waals surface area (Å²) in [4.78, 5) is 67.6. The van der Waals surface area contributed by atoms with E-state index in [1.165, 1.54) is 54.7 Å². The van der Waals surface area contributed by atoms with Crippen LogP contribution >= 0.6 is 0 Å². The van der Waals surface area contributed by atoms with Crippen LogP contribution in [-0.2, 0) is 35.8 Å². The fraction of sp³-hybridized carbons (Fsp3) is 0.255. The van der Waals surface area contributed by atoms with E-state index in [9.17, 15) is 28.4 Å². The highest BCUT2D eigenvalue weighted by Crippen LogP contribution is 2.37. The molecule has 306 valence electrons. The third-order valence-electron chi connectivity index (χ3n) is 9.30. The van der Waals surface area contributed by atoms with Crippen LogP contribution in [0.4, 0.5) is 14.9 Å². The van der Waals surface area contributed by atoms with Gasteiger partial charge in [0.05, 0.1) is 6.61 Å². The summed E-state index contributed by atoms with van der Waals surface area (Å²) in [7, 11) is 0. The number of carbonyl (C=O) groups is 4. The largest absolute Gasteiger partial charge is 0.463 e. The summed E-state index contributed by atoms with van der Waals surface area (Å²) in [6.07, 6.45) is 3.07. The summed E-state index contributed by atoms with van der Waals surface area (Å²) in [5.41, 5.74) is 0.283. The van der Waals surface area contributed by atoms with Crippen LogP contribution in [0, 0.1) is 5.82 Å². The molecule has 0 aliphatic rings. The number of aromatic nitrogens is 1. The molecule has 0 bridgehead atoms. The SMILES string of the molecule is CCOC(=O)/C=C/[C@H](CCC(=O)NC(c1ccccc1)(c1ccccc1)c1ccccc1)NC(=O)[C@H](Cc1ccc(F)cc1)n1cccc(NC(=O)OC(C)(C)C)c1=O. The molecule has 0 aliphatic heterocycles. The number of benzene rings is 4. The number of halogens is 1. The predicted molar refractivity (Wildman–Crippen MR) is 224 cm³/mol. The van der Waals surface area contributed by atoms with Gasteiger partial charge in [0.2, 0.25) is 11.8 Å². The Morgan fingerprint density at radius 2 is 1.34 bits per heavy atom. The third-order valence-corrected chi connectivity index (χ3v) is 9.30. The number of rotatable bonds is 16. The number of carbonyl (C=O) groups excluding carboxylic acids is 4. The molecule has 3 N–H and O–H groups in total. The minimum absolute atomic E-state index is 0.0420. The van der Waals surface area contributed by atoms with Gasteiger partial charge in [-0.25, -0.2) is 14.0 Å². The van der Waals surface area contributed by atoms with E-state index in [4.69, 9.17) is 9.47 Å². The van der Waals surface area contributed by atoms with Gasteiger partial charge in [-0.2, -0.15) is 0 Å². The normalized spacial score (nSPS) is 12.6. The van der Waals surface area contributed by atoms with Crippen molar-refractivity contribution in [2.75, 3.05) is 11.9 Å². The molecule has 0 saturated heterocycles. The molecule has 12 heteroatoms. The number of nitrogens with zero attached hydrogens (tertiary/aromatic N) is 1. The zero-order valence-corrected chi connectivity index (χ0v) is 33.5. The Morgan fingerprint density at radius 1 is 0.780 bits per heavy atom. The lowest BCUT2D eigenvalue weighted by Crippen LogP contribution is -2.48. The average molecular weight is 801 g/mol. The zero-order valence-electron chi connectivity index (χ0n) is 33.5. The fourth-order valence-corrected chi connectivity index (χ4v) is 6.65. The van der Waals surface area contributed by atoms with Gasteiger partial charge in [-0.05, 0) is 80.6 Å². The van der Waals surface area contributed by atoms with Gasteiger partial charge >= 0.3 is 12.1 Å². The molecule has 5 rings (SSSR count). The molecule has 1 heterocycles. The van der Waals surface area contributed by atoms with Crippen LogP contribution in [0.5, 0.6) is 0 Å². The molecule has 11 nitrogen and oxygen atoms in total. The van der Waals surface area contributed by atoms with Crippen LogP contribution in [0.15, 0.2) is 151 Å². The van der Waals surface area contributed by atoms with Gasteiger partial charge in [-0.15, -0.1) is 0 Å². The molecule has 3 amide bonds. The number of anilines is 1. The first kappa shape index (κ1) is 43.3. The molecule has 1 aromatic heterocycles. The van der Waals surface area contributed by atoms with Crippen molar-refractivity contribution in [3.05, 3.63) is 184 Å². The maximum atomic E-state index is 14.4. The summed E-state index contributed by atoms with van der Waals surface area (Å²) in [5.74, 6) is -2.11. The summed E-state index contributed by atoms with van der Waals surface area (Å²) < 4.78 is 25.5. The molecule has 0 fully saturated rings. The maximum Gasteiger partial charge on any atom is 0.412 e. The molecular weight excluding hydrogens is 752 g/mol. The van der Waals surface area contributed by atoms with Gasteiger partial charge in [0.15, 0.2) is 0 Å². The van der Waals surface area contributed by atoms with E-state index < -0.39 is 52.6 Å². The number of amides is 3. The Labute approximate surface area is 343 Å². The molecule has 5 aromatic rings. The number of hydrogen-bond acceptors (Lipinski definition) is 7. The van der Waals surface area contributed by atoms with Crippen molar-refractivity contribution in [1.29, 1.82) is 0 Å². The first-order chi connectivity index (χ1) is 28.3. The highest BCUT2D eigenvalue weighted by atomic mass is 19.1. The van der Waals surface area contributed by atoms with Crippen molar-refractivity contribution < 1.29 is 33.0 Å². The molecule has 0 spiro atoms. The lowest BCUT2D eigenvalue weighted by atomic mass is 9.77. The third kappa shape index (κ3) is 11.9. The van der Waals surface area contributed by atoms with E-state index in [2.05, 4.69) is 16.0 Å². The Morgan fingerprint density at radius 3 is 1.86 bits per heavy atom. The highest BCUT2D eigenvalue weighted by Gasteiger charge is 2.38. The topological polar surface area (TPSA) is 145 Å². The van der Waals surface area contributed by atoms with E-state index in [1.807, 2.05) is 91.0 Å². The number of hydrogen-bond donors (Lipinski definition) is 3. The second kappa shape index (κ2) is 20.0. The van der Waals surface area contributed by atoms with Crippen LogP contribution in [-0.4, -0.2) is 46.7 Å². The Balaban J connectivity index is 1.47. The molecule has 0 unspecified atom stereocenters. The number of esters is 1. The van der Waals surface area contributed by atoms with Gasteiger partial charge in [0, 0.05) is 31.2 Å². The van der Waals surface area contributed by atoms with E-state index in [-0.39, 0.29) is 37.5 Å². The fourth-order valence-electron chi connectivity index (χ4n) is 6.65. The van der Waals surface area contributed by atoms with E-state index in [0.717, 1.165) is 21.3 Å². The van der Waals surface area contributed by atoms with Crippen LogP contribution in [0.1, 0.15) is 68.8 Å². The minimum atomic E-state index is -1.22. The van der Waals surface area contributed by atoms with Crippen molar-refractivity contribution in [1.82, 2.24) is 15.2 Å². The first-order valence-electron chi connectivity index (χ1n) is 19.4. The van der Waals surface area contributed by atoms with Crippen molar-refractivity contribution in [2.45, 2.75) is 70.2 Å². The second-order valence-corrected chi connectivity index (χ2v) is 14.8. The quantitative estimate of drug-likeness (QED) is 0.0530. The maximum absolute atomic E-state index is 14.4. The summed E-state index contributed by atoms with van der Waals surface area (Å²) >= 11 is 0. The molecule has 59 heavy (non-hydrogen) atoms. The van der Waals surface area contributed by atoms with E-state index in [0.29, 0.717) is 5.56 Å². The lowest BCUT2D eigenvalue weighted by molar-refractivity contribution is -0.137. The van der Waals surface area contributed by atoms with E-state index >= 15 is 0 Å². The van der Waals surface area contributed by atoms with Gasteiger partial charge in [-0.1, -0.05) is 109 Å². The van der Waals surface area contributed by atoms with Crippen molar-refractivity contribution in [3.63, 3.8) is 0 Å². The molecular formula is C47H49FN4O7. The standard InChI is InChI=1S/C47H49FN4O7/c1-5-58-42(54)30-28-38(27-29-41(53)51-47(34-16-9-6-10-17-34,35-18-11-7-12-19-35)36-20-13-8-14-21-36)49-43(55)40(32-33-23-25-37(48)26-24-33)52-31-15-22-39(44(52)56)50-45(57)59-46(2,3)4/h6-26,28,30-31,38,40H,5,27,29,32H2,1-4H3,(H,49,55)(H,50,57)(H,51,53)/b30-28+/t38-,40-/m0/s1. The number of ether oxygens (including phenoxy) is 2. The van der Waals surface area contributed by atoms with Gasteiger partial charge in [0.25, 0.3) is 5.56 Å². The molecule has 4 aromatic carbocycles. The molecule has 2 atom stereocenters. The van der Waals surface area contributed by atoms with Gasteiger partial charge < -0.3 is 24.7 Å². The van der Waals surface area contributed by atoms with Crippen molar-refractivity contribution in [2.24, 2.45) is 0 Å². The Hall–Kier alpha value is -6.82. The van der Waals surface area contributed by atoms with Crippen LogP contribution in [0.25, 0.3) is 0 Å². The summed E-state index contributed by atoms with van der Waals surface area (Å²) in [6, 6.07) is 35.1. The van der Waals surface area contributed by atoms with Crippen molar-refractivity contribution in [3.8, 4) is 0 Å². The summed E-state index contributed by atoms with van der Waals surface area (Å²) in [5, 5.41) is 8.69. The highest BCUT2D eigenvalue weighted by molar-refractivity contribution is 5.86. The van der Waals surface area contributed by atoms with Crippen molar-refractivity contribution >= 4 is 29.6 Å². The molecule has 0 aliphatic carbocycles. The second-order valence-electron chi connectivity index (χ2n) is 14.8. The smallest absolute Gasteiger partial charge is 0.412 e. The molecule has 0 radical (unpaired) electrons. The van der Waals surface area contributed by atoms with Crippen LogP contribution in [0.2, 0.25) is 0 Å². The van der Waals surface area contributed by atoms with Crippen LogP contribution < -0.4 is 21.5 Å². The summed E-state index contributed by atoms with van der Waals surface area (Å²) in [6.45, 7) is 6.83. The number of nitrogens with one attached hydrogen (secondary N) is 3.